The van der Waals surface area contributed by atoms with Crippen LogP contribution in [-0.2, 0) is 0 Å². The average Bonchev–Trinajstić information content (AvgIpc) is 2.37. The highest BCUT2D eigenvalue weighted by Gasteiger charge is 2.11. The molecule has 0 amide bonds. The van der Waals surface area contributed by atoms with E-state index in [0.29, 0.717) is 0 Å². The second kappa shape index (κ2) is 5.56. The van der Waals surface area contributed by atoms with Crippen LogP contribution in [0.4, 0.5) is 0 Å². The predicted molar refractivity (Wildman–Crippen MR) is 71.8 cm³/mol. The lowest BCUT2D eigenvalue weighted by Crippen LogP contribution is -1.89. The molecule has 0 heterocycles. The minimum absolute atomic E-state index is 0.141. The zero-order valence-corrected chi connectivity index (χ0v) is 10.4. The Morgan fingerprint density at radius 2 is 1.82 bits per heavy atom. The van der Waals surface area contributed by atoms with E-state index < -0.39 is 0 Å². The molecule has 0 saturated carbocycles. The molecule has 2 heteroatoms. The fraction of sp³-hybridized carbons (Fsp3) is 0.133. The molecule has 1 unspecified atom stereocenters. The zero-order chi connectivity index (χ0) is 12.1. The fourth-order valence-electron chi connectivity index (χ4n) is 1.62. The molecule has 0 aliphatic carbocycles. The summed E-state index contributed by atoms with van der Waals surface area (Å²) in [7, 11) is 0. The zero-order valence-electron chi connectivity index (χ0n) is 9.63. The Balaban J connectivity index is 2.20. The lowest BCUT2D eigenvalue weighted by atomic mass is 10.2. The minimum Gasteiger partial charge on any atom is -0.197 e. The number of nitrogens with zero attached hydrogens (tertiary/aromatic N) is 1. The van der Waals surface area contributed by atoms with Crippen molar-refractivity contribution in [1.29, 1.82) is 5.26 Å². The van der Waals surface area contributed by atoms with E-state index in [1.165, 1.54) is 5.56 Å². The number of benzene rings is 2. The lowest BCUT2D eigenvalue weighted by molar-refractivity contribution is 1.21. The van der Waals surface area contributed by atoms with Gasteiger partial charge in [-0.1, -0.05) is 48.0 Å². The van der Waals surface area contributed by atoms with Crippen LogP contribution in [0, 0.1) is 18.3 Å². The van der Waals surface area contributed by atoms with Crippen LogP contribution in [0.2, 0.25) is 0 Å². The topological polar surface area (TPSA) is 23.8 Å². The quantitative estimate of drug-likeness (QED) is 0.743. The summed E-state index contributed by atoms with van der Waals surface area (Å²) in [6, 6.07) is 20.5. The fourth-order valence-corrected chi connectivity index (χ4v) is 2.65. The minimum atomic E-state index is -0.141. The molecule has 1 nitrogen and oxygen atoms in total. The van der Waals surface area contributed by atoms with Gasteiger partial charge in [-0.2, -0.15) is 5.26 Å². The molecule has 84 valence electrons. The van der Waals surface area contributed by atoms with Gasteiger partial charge in [0.15, 0.2) is 0 Å². The number of hydrogen-bond acceptors (Lipinski definition) is 2. The Morgan fingerprint density at radius 1 is 1.06 bits per heavy atom. The first kappa shape index (κ1) is 11.8. The van der Waals surface area contributed by atoms with Crippen molar-refractivity contribution in [2.75, 3.05) is 0 Å². The highest BCUT2D eigenvalue weighted by atomic mass is 32.2. The largest absolute Gasteiger partial charge is 0.197 e. The Kier molecular flexibility index (Phi) is 3.85. The number of thioether (sulfide) groups is 1. The average molecular weight is 239 g/mol. The number of aryl methyl sites for hydroxylation is 1. The van der Waals surface area contributed by atoms with Crippen molar-refractivity contribution in [3.63, 3.8) is 0 Å². The summed E-state index contributed by atoms with van der Waals surface area (Å²) < 4.78 is 0. The molecule has 0 aromatic heterocycles. The van der Waals surface area contributed by atoms with E-state index in [1.54, 1.807) is 11.8 Å². The summed E-state index contributed by atoms with van der Waals surface area (Å²) in [4.78, 5) is 1.14. The molecule has 0 spiro atoms. The number of rotatable bonds is 3. The van der Waals surface area contributed by atoms with Gasteiger partial charge in [-0.25, -0.2) is 0 Å². The molecular weight excluding hydrogens is 226 g/mol. The molecule has 0 N–H and O–H groups in total. The standard InChI is InChI=1S/C15H13NS/c1-12-6-5-9-14(10-12)17-15(11-16)13-7-3-2-4-8-13/h2-10,15H,1H3. The van der Waals surface area contributed by atoms with E-state index in [2.05, 4.69) is 25.1 Å². The van der Waals surface area contributed by atoms with E-state index in [9.17, 15) is 5.26 Å². The molecule has 0 aliphatic rings. The predicted octanol–water partition coefficient (Wildman–Crippen LogP) is 4.35. The Bertz CT molecular complexity index is 528. The maximum absolute atomic E-state index is 9.24. The first-order valence-corrected chi connectivity index (χ1v) is 6.35. The van der Waals surface area contributed by atoms with Crippen LogP contribution in [0.3, 0.4) is 0 Å². The maximum atomic E-state index is 9.24. The third-order valence-electron chi connectivity index (χ3n) is 2.46. The summed E-state index contributed by atoms with van der Waals surface area (Å²) in [5, 5.41) is 9.10. The highest BCUT2D eigenvalue weighted by molar-refractivity contribution is 7.99. The Morgan fingerprint density at radius 3 is 2.47 bits per heavy atom. The molecular formula is C15H13NS. The lowest BCUT2D eigenvalue weighted by Gasteiger charge is -2.09. The van der Waals surface area contributed by atoms with Crippen molar-refractivity contribution in [3.05, 3.63) is 65.7 Å². The van der Waals surface area contributed by atoms with E-state index in [1.807, 2.05) is 42.5 Å². The maximum Gasteiger partial charge on any atom is 0.121 e. The van der Waals surface area contributed by atoms with Crippen molar-refractivity contribution in [1.82, 2.24) is 0 Å². The van der Waals surface area contributed by atoms with E-state index >= 15 is 0 Å². The van der Waals surface area contributed by atoms with E-state index in [-0.39, 0.29) is 5.25 Å². The van der Waals surface area contributed by atoms with Crippen LogP contribution in [-0.4, -0.2) is 0 Å². The van der Waals surface area contributed by atoms with Crippen molar-refractivity contribution < 1.29 is 0 Å². The van der Waals surface area contributed by atoms with Gasteiger partial charge in [-0.3, -0.25) is 0 Å². The summed E-state index contributed by atoms with van der Waals surface area (Å²) >= 11 is 1.59. The van der Waals surface area contributed by atoms with Crippen LogP contribution >= 0.6 is 11.8 Å². The summed E-state index contributed by atoms with van der Waals surface area (Å²) in [6.07, 6.45) is 0. The molecule has 0 bridgehead atoms. The van der Waals surface area contributed by atoms with Crippen molar-refractivity contribution in [2.24, 2.45) is 0 Å². The van der Waals surface area contributed by atoms with Gasteiger partial charge in [-0.15, -0.1) is 11.8 Å². The highest BCUT2D eigenvalue weighted by Crippen LogP contribution is 2.34. The van der Waals surface area contributed by atoms with Crippen molar-refractivity contribution >= 4 is 11.8 Å². The molecule has 0 fully saturated rings. The third-order valence-corrected chi connectivity index (χ3v) is 3.60. The second-order valence-electron chi connectivity index (χ2n) is 3.85. The van der Waals surface area contributed by atoms with Crippen LogP contribution in [0.5, 0.6) is 0 Å². The summed E-state index contributed by atoms with van der Waals surface area (Å²) in [5.74, 6) is 0. The van der Waals surface area contributed by atoms with Gasteiger partial charge in [0.1, 0.15) is 5.25 Å². The first-order valence-electron chi connectivity index (χ1n) is 5.47. The van der Waals surface area contributed by atoms with Gasteiger partial charge >= 0.3 is 0 Å². The monoisotopic (exact) mass is 239 g/mol. The molecule has 0 radical (unpaired) electrons. The molecule has 2 aromatic carbocycles. The van der Waals surface area contributed by atoms with Gasteiger partial charge in [-0.05, 0) is 24.6 Å². The van der Waals surface area contributed by atoms with Gasteiger partial charge < -0.3 is 0 Å². The van der Waals surface area contributed by atoms with E-state index in [4.69, 9.17) is 0 Å². The van der Waals surface area contributed by atoms with Gasteiger partial charge in [0, 0.05) is 4.90 Å². The Hall–Kier alpha value is -1.72. The van der Waals surface area contributed by atoms with Crippen molar-refractivity contribution in [3.8, 4) is 6.07 Å². The van der Waals surface area contributed by atoms with Gasteiger partial charge in [0.05, 0.1) is 6.07 Å². The first-order chi connectivity index (χ1) is 8.29. The third kappa shape index (κ3) is 3.12. The molecule has 0 aliphatic heterocycles. The smallest absolute Gasteiger partial charge is 0.121 e. The normalized spacial score (nSPS) is 11.8. The summed E-state index contributed by atoms with van der Waals surface area (Å²) in [6.45, 7) is 2.06. The van der Waals surface area contributed by atoms with Crippen LogP contribution in [0.1, 0.15) is 16.4 Å². The van der Waals surface area contributed by atoms with Gasteiger partial charge in [0.2, 0.25) is 0 Å². The SMILES string of the molecule is Cc1cccc(SC(C#N)c2ccccc2)c1. The number of nitriles is 1. The van der Waals surface area contributed by atoms with Crippen LogP contribution < -0.4 is 0 Å². The molecule has 17 heavy (non-hydrogen) atoms. The number of hydrogen-bond donors (Lipinski definition) is 0. The molecule has 0 saturated heterocycles. The molecule has 2 rings (SSSR count). The van der Waals surface area contributed by atoms with Crippen molar-refractivity contribution in [2.45, 2.75) is 17.1 Å². The van der Waals surface area contributed by atoms with Crippen LogP contribution in [0.15, 0.2) is 59.5 Å². The van der Waals surface area contributed by atoms with E-state index in [0.717, 1.165) is 10.5 Å². The van der Waals surface area contributed by atoms with Gasteiger partial charge in [0.25, 0.3) is 0 Å². The van der Waals surface area contributed by atoms with Crippen LogP contribution in [0.25, 0.3) is 0 Å². The molecule has 1 atom stereocenters. The second-order valence-corrected chi connectivity index (χ2v) is 5.03. The molecule has 2 aromatic rings. The summed E-state index contributed by atoms with van der Waals surface area (Å²) in [5.41, 5.74) is 2.28. The Labute approximate surface area is 106 Å².